The van der Waals surface area contributed by atoms with Crippen molar-refractivity contribution in [2.24, 2.45) is 0 Å². The maximum atomic E-state index is 2.60. The van der Waals surface area contributed by atoms with Crippen molar-refractivity contribution in [2.75, 3.05) is 0 Å². The zero-order chi connectivity index (χ0) is 42.2. The Morgan fingerprint density at radius 2 is 0.703 bits per heavy atom. The molecule has 0 aliphatic heterocycles. The van der Waals surface area contributed by atoms with Gasteiger partial charge in [0.2, 0.25) is 0 Å². The molecular weight excluding hydrogens is 791 g/mol. The number of nitrogens with zero attached hydrogens (tertiary/aromatic N) is 3. The molecule has 0 amide bonds. The first-order chi connectivity index (χ1) is 31.8. The van der Waals surface area contributed by atoms with Crippen LogP contribution >= 0.6 is 0 Å². The Labute approximate surface area is 372 Å². The van der Waals surface area contributed by atoms with E-state index in [1.165, 1.54) is 91.9 Å². The highest BCUT2D eigenvalue weighted by molar-refractivity contribution is 7.20. The first-order valence-electron chi connectivity index (χ1n) is 22.1. The molecule has 0 fully saturated rings. The zero-order valence-electron chi connectivity index (χ0n) is 35.0. The number of aromatic nitrogens is 3. The monoisotopic (exact) mass is 831 g/mol. The summed E-state index contributed by atoms with van der Waals surface area (Å²) in [5.41, 5.74) is 10.6. The summed E-state index contributed by atoms with van der Waals surface area (Å²) >= 11 is 0. The number of hydrogen-bond donors (Lipinski definition) is 0. The minimum absolute atomic E-state index is 1.12. The first kappa shape index (κ1) is 36.5. The third-order valence-corrected chi connectivity index (χ3v) is 18.4. The van der Waals surface area contributed by atoms with E-state index in [0.29, 0.717) is 0 Å². The van der Waals surface area contributed by atoms with Crippen LogP contribution in [0, 0.1) is 0 Å². The summed E-state index contributed by atoms with van der Waals surface area (Å²) in [6, 6.07) is 92.4. The van der Waals surface area contributed by atoms with Crippen molar-refractivity contribution in [1.82, 2.24) is 13.7 Å². The van der Waals surface area contributed by atoms with Crippen LogP contribution in [0.15, 0.2) is 249 Å². The molecule has 0 bridgehead atoms. The molecule has 0 spiro atoms. The van der Waals surface area contributed by atoms with Crippen LogP contribution in [0.2, 0.25) is 0 Å². The van der Waals surface area contributed by atoms with E-state index in [1.54, 1.807) is 0 Å². The van der Waals surface area contributed by atoms with Gasteiger partial charge in [0.1, 0.15) is 0 Å². The molecular formula is C60H41N3Si. The van der Waals surface area contributed by atoms with Crippen molar-refractivity contribution in [3.05, 3.63) is 249 Å². The lowest BCUT2D eigenvalue weighted by Crippen LogP contribution is -2.75. The molecule has 0 aliphatic carbocycles. The zero-order valence-corrected chi connectivity index (χ0v) is 36.0. The molecule has 3 nitrogen and oxygen atoms in total. The number of para-hydroxylation sites is 5. The molecule has 13 rings (SSSR count). The molecule has 0 aliphatic rings. The molecule has 64 heavy (non-hydrogen) atoms. The van der Waals surface area contributed by atoms with Gasteiger partial charge in [-0.05, 0) is 75.3 Å². The Morgan fingerprint density at radius 3 is 1.27 bits per heavy atom. The van der Waals surface area contributed by atoms with Crippen molar-refractivity contribution in [3.63, 3.8) is 0 Å². The predicted octanol–water partition coefficient (Wildman–Crippen LogP) is 12.4. The van der Waals surface area contributed by atoms with E-state index >= 15 is 0 Å². The van der Waals surface area contributed by atoms with Gasteiger partial charge in [-0.25, -0.2) is 0 Å². The van der Waals surface area contributed by atoms with Gasteiger partial charge in [0.25, 0.3) is 0 Å². The maximum Gasteiger partial charge on any atom is 0.181 e. The average Bonchev–Trinajstić information content (AvgIpc) is 4.01. The maximum absolute atomic E-state index is 3.04. The standard InChI is InChI=1S/C60H41N3Si/c1-5-21-42(22-6-1)61-52-33-16-13-31-49(52)50-40-39-43(41-57(50)61)62-55-36-20-37-56(63-53-34-17-14-29-47(53)48-30-15-18-35-54(48)63)59(55)51-32-19-38-58(60(51)62)64(44-23-7-2-8-24-44,45-25-9-3-10-26-45)46-27-11-4-12-28-46/h1-41H. The van der Waals surface area contributed by atoms with Crippen molar-refractivity contribution >= 4 is 94.2 Å². The molecule has 300 valence electrons. The molecule has 0 unspecified atom stereocenters. The van der Waals surface area contributed by atoms with Gasteiger partial charge < -0.3 is 13.7 Å². The van der Waals surface area contributed by atoms with Gasteiger partial charge in [-0.2, -0.15) is 0 Å². The molecule has 0 atom stereocenters. The van der Waals surface area contributed by atoms with Crippen LogP contribution in [0.5, 0.6) is 0 Å². The summed E-state index contributed by atoms with van der Waals surface area (Å²) in [6.45, 7) is 0. The van der Waals surface area contributed by atoms with E-state index in [-0.39, 0.29) is 0 Å². The summed E-state index contributed by atoms with van der Waals surface area (Å²) in [5, 5.41) is 12.8. The van der Waals surface area contributed by atoms with Crippen molar-refractivity contribution in [2.45, 2.75) is 0 Å². The van der Waals surface area contributed by atoms with Gasteiger partial charge >= 0.3 is 0 Å². The number of fused-ring (bicyclic) bond motifs is 9. The molecule has 13 aromatic rings. The lowest BCUT2D eigenvalue weighted by atomic mass is 10.1. The summed E-state index contributed by atoms with van der Waals surface area (Å²) < 4.78 is 7.53. The third kappa shape index (κ3) is 5.21. The second kappa shape index (κ2) is 14.5. The topological polar surface area (TPSA) is 14.8 Å². The fourth-order valence-corrected chi connectivity index (χ4v) is 16.0. The SMILES string of the molecule is c1ccc(-n2c3ccccc3c3ccc(-n4c5cccc(-n6c7ccccc7c7ccccc76)c5c5cccc([Si](c6ccccc6)(c6ccccc6)c6ccccc6)c54)cc32)cc1. The lowest BCUT2D eigenvalue weighted by Gasteiger charge is -2.35. The first-order valence-corrected chi connectivity index (χ1v) is 24.1. The minimum Gasteiger partial charge on any atom is -0.309 e. The van der Waals surface area contributed by atoms with Crippen molar-refractivity contribution < 1.29 is 0 Å². The molecule has 0 N–H and O–H groups in total. The van der Waals surface area contributed by atoms with Gasteiger partial charge in [0.15, 0.2) is 8.07 Å². The summed E-state index contributed by atoms with van der Waals surface area (Å²) in [6.07, 6.45) is 0. The van der Waals surface area contributed by atoms with Gasteiger partial charge in [-0.15, -0.1) is 0 Å². The summed E-state index contributed by atoms with van der Waals surface area (Å²) in [5.74, 6) is 0. The van der Waals surface area contributed by atoms with Crippen molar-refractivity contribution in [1.29, 1.82) is 0 Å². The summed E-state index contributed by atoms with van der Waals surface area (Å²) in [7, 11) is -3.04. The third-order valence-electron chi connectivity index (χ3n) is 13.6. The predicted molar refractivity (Wildman–Crippen MR) is 273 cm³/mol. The summed E-state index contributed by atoms with van der Waals surface area (Å²) in [4.78, 5) is 0. The largest absolute Gasteiger partial charge is 0.309 e. The van der Waals surface area contributed by atoms with Gasteiger partial charge in [0.05, 0.1) is 38.8 Å². The van der Waals surface area contributed by atoms with E-state index in [0.717, 1.165) is 11.4 Å². The number of hydrogen-bond acceptors (Lipinski definition) is 0. The molecule has 0 saturated heterocycles. The molecule has 4 heteroatoms. The molecule has 0 radical (unpaired) electrons. The van der Waals surface area contributed by atoms with Crippen LogP contribution in [-0.2, 0) is 0 Å². The number of benzene rings is 10. The average molecular weight is 832 g/mol. The fourth-order valence-electron chi connectivity index (χ4n) is 11.0. The van der Waals surface area contributed by atoms with Crippen LogP contribution in [0.4, 0.5) is 0 Å². The highest BCUT2D eigenvalue weighted by Gasteiger charge is 2.43. The highest BCUT2D eigenvalue weighted by atomic mass is 28.3. The Kier molecular flexibility index (Phi) is 8.23. The Morgan fingerprint density at radius 1 is 0.266 bits per heavy atom. The minimum atomic E-state index is -3.04. The van der Waals surface area contributed by atoms with Gasteiger partial charge in [-0.3, -0.25) is 0 Å². The lowest BCUT2D eigenvalue weighted by molar-refractivity contribution is 1.15. The second-order valence-corrected chi connectivity index (χ2v) is 20.6. The van der Waals surface area contributed by atoms with Crippen LogP contribution in [0.1, 0.15) is 0 Å². The van der Waals surface area contributed by atoms with E-state index in [2.05, 4.69) is 262 Å². The fraction of sp³-hybridized carbons (Fsp3) is 0. The molecule has 10 aromatic carbocycles. The van der Waals surface area contributed by atoms with Crippen LogP contribution in [0.3, 0.4) is 0 Å². The van der Waals surface area contributed by atoms with E-state index < -0.39 is 8.07 Å². The Balaban J connectivity index is 1.24. The molecule has 0 saturated carbocycles. The molecule has 3 heterocycles. The second-order valence-electron chi connectivity index (χ2n) is 16.8. The number of rotatable bonds is 7. The normalized spacial score (nSPS) is 12.1. The van der Waals surface area contributed by atoms with E-state index in [1.807, 2.05) is 0 Å². The smallest absolute Gasteiger partial charge is 0.181 e. The quantitative estimate of drug-likeness (QED) is 0.112. The van der Waals surface area contributed by atoms with E-state index in [9.17, 15) is 0 Å². The van der Waals surface area contributed by atoms with Crippen LogP contribution in [0.25, 0.3) is 82.5 Å². The van der Waals surface area contributed by atoms with Crippen LogP contribution < -0.4 is 20.7 Å². The van der Waals surface area contributed by atoms with Crippen LogP contribution in [-0.4, -0.2) is 21.8 Å². The van der Waals surface area contributed by atoms with Gasteiger partial charge in [-0.1, -0.05) is 194 Å². The van der Waals surface area contributed by atoms with Crippen molar-refractivity contribution in [3.8, 4) is 17.1 Å². The Hall–Kier alpha value is -8.18. The molecule has 3 aromatic heterocycles. The highest BCUT2D eigenvalue weighted by Crippen LogP contribution is 2.41. The Bertz CT molecular complexity index is 3730. The van der Waals surface area contributed by atoms with Gasteiger partial charge in [0, 0.05) is 43.7 Å². The van der Waals surface area contributed by atoms with E-state index in [4.69, 9.17) is 0 Å².